The first-order valence-corrected chi connectivity index (χ1v) is 29.9. The van der Waals surface area contributed by atoms with Gasteiger partial charge in [0.15, 0.2) is 0 Å². The van der Waals surface area contributed by atoms with Crippen LogP contribution in [-0.4, -0.2) is 19.1 Å². The Morgan fingerprint density at radius 3 is 1.04 bits per heavy atom. The van der Waals surface area contributed by atoms with Gasteiger partial charge in [-0.05, 0) is 179 Å². The van der Waals surface area contributed by atoms with Crippen molar-refractivity contribution >= 4 is 142 Å². The summed E-state index contributed by atoms with van der Waals surface area (Å²) >= 11 is 3.46. The molecule has 394 valence electrons. The summed E-state index contributed by atoms with van der Waals surface area (Å²) in [5.41, 5.74) is 17.5. The molecular formula is C76H48N6S2. The second kappa shape index (κ2) is 19.5. The van der Waals surface area contributed by atoms with E-state index in [1.807, 2.05) is 0 Å². The number of aromatic nitrogens is 4. The lowest BCUT2D eigenvalue weighted by Gasteiger charge is -2.27. The van der Waals surface area contributed by atoms with Crippen LogP contribution in [0.15, 0.2) is 291 Å². The van der Waals surface area contributed by atoms with E-state index in [2.05, 4.69) is 310 Å². The van der Waals surface area contributed by atoms with E-state index in [0.29, 0.717) is 0 Å². The first kappa shape index (κ1) is 48.1. The molecule has 0 aliphatic heterocycles. The Bertz CT molecular complexity index is 4990. The van der Waals surface area contributed by atoms with Gasteiger partial charge in [0.25, 0.3) is 0 Å². The first-order chi connectivity index (χ1) is 41.6. The van der Waals surface area contributed by atoms with E-state index in [1.54, 1.807) is 22.7 Å². The van der Waals surface area contributed by atoms with Gasteiger partial charge in [-0.1, -0.05) is 133 Å². The summed E-state index contributed by atoms with van der Waals surface area (Å²) in [7, 11) is 0. The quantitative estimate of drug-likeness (QED) is 0.128. The van der Waals surface area contributed by atoms with Crippen molar-refractivity contribution in [3.63, 3.8) is 0 Å². The molecule has 17 rings (SSSR count). The van der Waals surface area contributed by atoms with E-state index in [1.165, 1.54) is 52.8 Å². The Labute approximate surface area is 491 Å². The molecule has 0 bridgehead atoms. The SMILES string of the molecule is c1ccc(-n2c3ccccc3c3ccc(N(c4ccc(-c5nc6ccccc6s5)cc4)c4ccc5c(ccc6cc(N(c7ccc(-c8nc9ccccc9s8)cc7)c7ccc8c9ccccc9n(-c9ccccc9)c8c7)ccc65)c4)cc32)cc1. The highest BCUT2D eigenvalue weighted by molar-refractivity contribution is 7.22. The highest BCUT2D eigenvalue weighted by atomic mass is 32.1. The monoisotopic (exact) mass is 1110 g/mol. The zero-order valence-corrected chi connectivity index (χ0v) is 46.8. The number of anilines is 6. The smallest absolute Gasteiger partial charge is 0.124 e. The molecule has 0 fully saturated rings. The van der Waals surface area contributed by atoms with Gasteiger partial charge in [0.2, 0.25) is 0 Å². The van der Waals surface area contributed by atoms with Crippen LogP contribution < -0.4 is 9.80 Å². The van der Waals surface area contributed by atoms with Crippen molar-refractivity contribution in [2.45, 2.75) is 0 Å². The van der Waals surface area contributed by atoms with Gasteiger partial charge in [0, 0.05) is 78.2 Å². The molecule has 84 heavy (non-hydrogen) atoms. The fourth-order valence-electron chi connectivity index (χ4n) is 12.6. The molecule has 0 amide bonds. The minimum atomic E-state index is 1.01. The van der Waals surface area contributed by atoms with Crippen LogP contribution >= 0.6 is 22.7 Å². The van der Waals surface area contributed by atoms with Gasteiger partial charge in [0.05, 0.1) is 42.5 Å². The summed E-state index contributed by atoms with van der Waals surface area (Å²) in [5, 5.41) is 11.6. The van der Waals surface area contributed by atoms with Gasteiger partial charge in [-0.2, -0.15) is 0 Å². The maximum absolute atomic E-state index is 5.02. The number of hydrogen-bond donors (Lipinski definition) is 0. The molecular weight excluding hydrogens is 1060 g/mol. The fraction of sp³-hybridized carbons (Fsp3) is 0. The van der Waals surface area contributed by atoms with E-state index in [4.69, 9.17) is 9.97 Å². The number of nitrogens with zero attached hydrogens (tertiary/aromatic N) is 6. The Morgan fingerprint density at radius 1 is 0.262 bits per heavy atom. The molecule has 13 aromatic carbocycles. The maximum atomic E-state index is 5.02. The van der Waals surface area contributed by atoms with Crippen LogP contribution in [0.25, 0.3) is 118 Å². The maximum Gasteiger partial charge on any atom is 0.124 e. The molecule has 8 heteroatoms. The average Bonchev–Trinajstić information content (AvgIpc) is 3.94. The number of rotatable bonds is 10. The number of hydrogen-bond acceptors (Lipinski definition) is 6. The van der Waals surface area contributed by atoms with Crippen LogP contribution in [0.4, 0.5) is 34.1 Å². The van der Waals surface area contributed by atoms with Crippen LogP contribution in [0.3, 0.4) is 0 Å². The number of benzene rings is 13. The largest absolute Gasteiger partial charge is 0.310 e. The van der Waals surface area contributed by atoms with Crippen molar-refractivity contribution in [3.8, 4) is 32.5 Å². The molecule has 0 N–H and O–H groups in total. The summed E-state index contributed by atoms with van der Waals surface area (Å²) in [4.78, 5) is 14.8. The third-order valence-electron chi connectivity index (χ3n) is 16.5. The molecule has 6 nitrogen and oxygen atoms in total. The summed E-state index contributed by atoms with van der Waals surface area (Å²) in [6.07, 6.45) is 0. The molecule has 0 unspecified atom stereocenters. The molecule has 0 radical (unpaired) electrons. The van der Waals surface area contributed by atoms with Crippen LogP contribution in [0.2, 0.25) is 0 Å². The zero-order valence-electron chi connectivity index (χ0n) is 45.2. The van der Waals surface area contributed by atoms with E-state index in [9.17, 15) is 0 Å². The number of thiazole rings is 2. The Kier molecular flexibility index (Phi) is 11.2. The molecule has 17 aromatic rings. The van der Waals surface area contributed by atoms with Crippen molar-refractivity contribution in [2.24, 2.45) is 0 Å². The predicted octanol–water partition coefficient (Wildman–Crippen LogP) is 21.7. The van der Waals surface area contributed by atoms with Gasteiger partial charge >= 0.3 is 0 Å². The molecule has 0 spiro atoms. The third kappa shape index (κ3) is 7.98. The van der Waals surface area contributed by atoms with Crippen molar-refractivity contribution in [1.82, 2.24) is 19.1 Å². The molecule has 0 saturated heterocycles. The lowest BCUT2D eigenvalue weighted by Crippen LogP contribution is -2.10. The molecule has 4 heterocycles. The molecule has 0 aliphatic carbocycles. The second-order valence-electron chi connectivity index (χ2n) is 21.4. The lowest BCUT2D eigenvalue weighted by molar-refractivity contribution is 1.18. The van der Waals surface area contributed by atoms with Gasteiger partial charge in [-0.3, -0.25) is 0 Å². The standard InChI is InChI=1S/C76H48N6S2/c1-3-15-53(16-4-1)81-69-23-11-7-19-63(69)65-43-39-59(47-71(65)81)79(55-33-29-49(30-34-55)75-77-67-21-9-13-25-73(67)83-75)57-37-41-61-51(45-57)27-28-52-46-58(38-42-62(52)61)80(56-35-31-50(32-36-56)76-78-68-22-10-14-26-74(68)84-76)60-40-44-66-64-20-8-12-24-70(64)82(72(66)48-60)54-17-5-2-6-18-54/h1-48H. The lowest BCUT2D eigenvalue weighted by atomic mass is 9.99. The van der Waals surface area contributed by atoms with Crippen LogP contribution in [0.1, 0.15) is 0 Å². The van der Waals surface area contributed by atoms with Gasteiger partial charge in [-0.25, -0.2) is 9.97 Å². The minimum absolute atomic E-state index is 1.01. The molecule has 0 atom stereocenters. The molecule has 0 aliphatic rings. The third-order valence-corrected chi connectivity index (χ3v) is 18.7. The summed E-state index contributed by atoms with van der Waals surface area (Å²) in [6.45, 7) is 0. The van der Waals surface area contributed by atoms with Crippen molar-refractivity contribution in [3.05, 3.63) is 291 Å². The Balaban J connectivity index is 0.798. The van der Waals surface area contributed by atoms with Crippen molar-refractivity contribution < 1.29 is 0 Å². The van der Waals surface area contributed by atoms with Gasteiger partial charge < -0.3 is 18.9 Å². The van der Waals surface area contributed by atoms with E-state index in [0.717, 1.165) is 99.5 Å². The normalized spacial score (nSPS) is 11.8. The fourth-order valence-corrected chi connectivity index (χ4v) is 14.6. The van der Waals surface area contributed by atoms with Gasteiger partial charge in [-0.15, -0.1) is 22.7 Å². The highest BCUT2D eigenvalue weighted by Gasteiger charge is 2.22. The highest BCUT2D eigenvalue weighted by Crippen LogP contribution is 2.45. The number of fused-ring (bicyclic) bond motifs is 11. The van der Waals surface area contributed by atoms with Gasteiger partial charge in [0.1, 0.15) is 10.0 Å². The Hall–Kier alpha value is -10.6. The summed E-state index contributed by atoms with van der Waals surface area (Å²) in [5.74, 6) is 0. The Morgan fingerprint density at radius 2 is 0.607 bits per heavy atom. The second-order valence-corrected chi connectivity index (χ2v) is 23.5. The number of para-hydroxylation sites is 6. The van der Waals surface area contributed by atoms with E-state index >= 15 is 0 Å². The van der Waals surface area contributed by atoms with E-state index < -0.39 is 0 Å². The van der Waals surface area contributed by atoms with E-state index in [-0.39, 0.29) is 0 Å². The first-order valence-electron chi connectivity index (χ1n) is 28.3. The van der Waals surface area contributed by atoms with Crippen LogP contribution in [0.5, 0.6) is 0 Å². The minimum Gasteiger partial charge on any atom is -0.310 e. The zero-order chi connectivity index (χ0) is 55.2. The summed E-state index contributed by atoms with van der Waals surface area (Å²) < 4.78 is 7.16. The predicted molar refractivity (Wildman–Crippen MR) is 357 cm³/mol. The topological polar surface area (TPSA) is 42.1 Å². The molecule has 4 aromatic heterocycles. The van der Waals surface area contributed by atoms with Crippen molar-refractivity contribution in [1.29, 1.82) is 0 Å². The summed E-state index contributed by atoms with van der Waals surface area (Å²) in [6, 6.07) is 106. The molecule has 0 saturated carbocycles. The van der Waals surface area contributed by atoms with Crippen LogP contribution in [0, 0.1) is 0 Å². The average molecular weight is 1110 g/mol. The van der Waals surface area contributed by atoms with Crippen LogP contribution in [-0.2, 0) is 0 Å². The van der Waals surface area contributed by atoms with Crippen molar-refractivity contribution in [2.75, 3.05) is 9.80 Å².